The number of rotatable bonds is 8. The highest BCUT2D eigenvalue weighted by molar-refractivity contribution is 7.80. The molecule has 0 atom stereocenters. The maximum Gasteiger partial charge on any atom is 0.257 e. The Labute approximate surface area is 215 Å². The Morgan fingerprint density at radius 3 is 2.19 bits per heavy atom. The van der Waals surface area contributed by atoms with Crippen LogP contribution in [0.15, 0.2) is 109 Å². The first kappa shape index (κ1) is 24.6. The van der Waals surface area contributed by atoms with Gasteiger partial charge < -0.3 is 15.4 Å². The van der Waals surface area contributed by atoms with E-state index in [2.05, 4.69) is 16.0 Å². The van der Waals surface area contributed by atoms with Crippen LogP contribution in [0, 0.1) is 0 Å². The van der Waals surface area contributed by atoms with E-state index in [9.17, 15) is 9.59 Å². The van der Waals surface area contributed by atoms with E-state index in [1.54, 1.807) is 60.7 Å². The van der Waals surface area contributed by atoms with Crippen LogP contribution in [0.5, 0.6) is 5.75 Å². The molecule has 180 valence electrons. The second-order valence-corrected chi connectivity index (χ2v) is 8.29. The van der Waals surface area contributed by atoms with E-state index >= 15 is 0 Å². The smallest absolute Gasteiger partial charge is 0.257 e. The number of hydrogen-bond donors (Lipinski definition) is 3. The van der Waals surface area contributed by atoms with Crippen LogP contribution in [0.1, 0.15) is 26.3 Å². The molecule has 0 saturated heterocycles. The van der Waals surface area contributed by atoms with Gasteiger partial charge in [0.15, 0.2) is 5.11 Å². The number of para-hydroxylation sites is 2. The van der Waals surface area contributed by atoms with Crippen molar-refractivity contribution in [2.45, 2.75) is 6.42 Å². The number of amides is 2. The van der Waals surface area contributed by atoms with E-state index < -0.39 is 0 Å². The Morgan fingerprint density at radius 2 is 1.42 bits per heavy atom. The second kappa shape index (κ2) is 12.3. The Balaban J connectivity index is 1.34. The van der Waals surface area contributed by atoms with Crippen molar-refractivity contribution in [1.29, 1.82) is 0 Å². The molecule has 0 radical (unpaired) electrons. The molecule has 7 heteroatoms. The van der Waals surface area contributed by atoms with Crippen LogP contribution in [0.25, 0.3) is 0 Å². The summed E-state index contributed by atoms with van der Waals surface area (Å²) in [5.74, 6) is -0.0774. The minimum absolute atomic E-state index is 0.0790. The van der Waals surface area contributed by atoms with Gasteiger partial charge in [-0.25, -0.2) is 0 Å². The van der Waals surface area contributed by atoms with Crippen LogP contribution in [0.4, 0.5) is 11.4 Å². The molecule has 36 heavy (non-hydrogen) atoms. The van der Waals surface area contributed by atoms with Gasteiger partial charge in [0.25, 0.3) is 11.8 Å². The van der Waals surface area contributed by atoms with Crippen molar-refractivity contribution >= 4 is 40.5 Å². The highest BCUT2D eigenvalue weighted by Crippen LogP contribution is 2.18. The Bertz CT molecular complexity index is 1340. The first-order valence-corrected chi connectivity index (χ1v) is 11.8. The number of thiocarbonyl (C=S) groups is 1. The molecule has 4 aromatic rings. The molecule has 0 fully saturated rings. The monoisotopic (exact) mass is 495 g/mol. The van der Waals surface area contributed by atoms with Crippen molar-refractivity contribution in [2.24, 2.45) is 0 Å². The van der Waals surface area contributed by atoms with Gasteiger partial charge in [0.05, 0.1) is 17.9 Å². The highest BCUT2D eigenvalue weighted by Gasteiger charge is 2.14. The van der Waals surface area contributed by atoms with Crippen molar-refractivity contribution in [3.8, 4) is 5.75 Å². The van der Waals surface area contributed by atoms with Crippen molar-refractivity contribution < 1.29 is 14.3 Å². The van der Waals surface area contributed by atoms with Gasteiger partial charge in [0.2, 0.25) is 0 Å². The third-order valence-corrected chi connectivity index (χ3v) is 5.48. The summed E-state index contributed by atoms with van der Waals surface area (Å²) in [5, 5.41) is 8.54. The lowest BCUT2D eigenvalue weighted by atomic mass is 10.1. The van der Waals surface area contributed by atoms with E-state index in [1.807, 2.05) is 48.5 Å². The molecule has 3 N–H and O–H groups in total. The summed E-state index contributed by atoms with van der Waals surface area (Å²) >= 11 is 5.34. The van der Waals surface area contributed by atoms with E-state index in [0.29, 0.717) is 34.9 Å². The number of hydrogen-bond acceptors (Lipinski definition) is 4. The molecule has 0 bridgehead atoms. The number of ether oxygens (including phenoxy) is 1. The number of carbonyl (C=O) groups is 2. The summed E-state index contributed by atoms with van der Waals surface area (Å²) in [6, 6.07) is 33.1. The van der Waals surface area contributed by atoms with E-state index in [1.165, 1.54) is 5.56 Å². The van der Waals surface area contributed by atoms with E-state index in [0.717, 1.165) is 6.42 Å². The minimum atomic E-state index is -0.382. The van der Waals surface area contributed by atoms with Crippen molar-refractivity contribution in [3.63, 3.8) is 0 Å². The number of carbonyl (C=O) groups excluding carboxylic acids is 2. The second-order valence-electron chi connectivity index (χ2n) is 7.89. The lowest BCUT2D eigenvalue weighted by Crippen LogP contribution is -2.34. The average Bonchev–Trinajstić information content (AvgIpc) is 2.90. The summed E-state index contributed by atoms with van der Waals surface area (Å²) in [4.78, 5) is 25.6. The van der Waals surface area contributed by atoms with Gasteiger partial charge in [0, 0.05) is 17.7 Å². The number of benzene rings is 4. The van der Waals surface area contributed by atoms with Gasteiger partial charge in [0.1, 0.15) is 5.75 Å². The Hall–Kier alpha value is -4.49. The Morgan fingerprint density at radius 1 is 0.722 bits per heavy atom. The molecule has 6 nitrogen and oxygen atoms in total. The molecular weight excluding hydrogens is 470 g/mol. The lowest BCUT2D eigenvalue weighted by molar-refractivity contribution is 0.0976. The third kappa shape index (κ3) is 7.01. The van der Waals surface area contributed by atoms with Crippen molar-refractivity contribution in [3.05, 3.63) is 126 Å². The highest BCUT2D eigenvalue weighted by atomic mass is 32.1. The van der Waals surface area contributed by atoms with Crippen LogP contribution in [-0.2, 0) is 6.42 Å². The first-order chi connectivity index (χ1) is 17.6. The van der Waals surface area contributed by atoms with Gasteiger partial charge in [-0.2, -0.15) is 0 Å². The normalized spacial score (nSPS) is 10.2. The maximum atomic E-state index is 12.8. The molecular formula is C29H25N3O3S. The largest absolute Gasteiger partial charge is 0.493 e. The summed E-state index contributed by atoms with van der Waals surface area (Å²) < 4.78 is 5.82. The SMILES string of the molecule is O=C(NC(=S)Nc1ccccc1C(=O)Nc1ccccc1)c1cccc(OCCc2ccccc2)c1. The Kier molecular flexibility index (Phi) is 8.40. The van der Waals surface area contributed by atoms with E-state index in [-0.39, 0.29) is 16.9 Å². The van der Waals surface area contributed by atoms with Crippen LogP contribution >= 0.6 is 12.2 Å². The summed E-state index contributed by atoms with van der Waals surface area (Å²) in [6.07, 6.45) is 0.766. The van der Waals surface area contributed by atoms with Gasteiger partial charge >= 0.3 is 0 Å². The molecule has 0 saturated carbocycles. The minimum Gasteiger partial charge on any atom is -0.493 e. The molecule has 4 aromatic carbocycles. The van der Waals surface area contributed by atoms with Crippen LogP contribution in [0.3, 0.4) is 0 Å². The molecule has 0 spiro atoms. The molecule has 0 aliphatic rings. The fourth-order valence-corrected chi connectivity index (χ4v) is 3.70. The molecule has 0 aromatic heterocycles. The van der Waals surface area contributed by atoms with Crippen LogP contribution < -0.4 is 20.7 Å². The fraction of sp³-hybridized carbons (Fsp3) is 0.0690. The van der Waals surface area contributed by atoms with Crippen LogP contribution in [0.2, 0.25) is 0 Å². The summed E-state index contributed by atoms with van der Waals surface area (Å²) in [7, 11) is 0. The van der Waals surface area contributed by atoms with Crippen molar-refractivity contribution in [1.82, 2.24) is 5.32 Å². The number of nitrogens with one attached hydrogen (secondary N) is 3. The first-order valence-electron chi connectivity index (χ1n) is 11.4. The molecule has 4 rings (SSSR count). The zero-order valence-electron chi connectivity index (χ0n) is 19.4. The van der Waals surface area contributed by atoms with Gasteiger partial charge in [-0.1, -0.05) is 66.7 Å². The number of anilines is 2. The molecule has 0 unspecified atom stereocenters. The maximum absolute atomic E-state index is 12.8. The molecule has 0 aliphatic heterocycles. The standard InChI is InChI=1S/C29H25N3O3S/c33-27(22-12-9-15-24(20-22)35-19-18-21-10-3-1-4-11-21)32-29(36)31-26-17-8-7-16-25(26)28(34)30-23-13-5-2-6-14-23/h1-17,20H,18-19H2,(H,30,34)(H2,31,32,33,36). The predicted octanol–water partition coefficient (Wildman–Crippen LogP) is 5.69. The fourth-order valence-electron chi connectivity index (χ4n) is 3.50. The zero-order chi connectivity index (χ0) is 25.2. The lowest BCUT2D eigenvalue weighted by Gasteiger charge is -2.14. The molecule has 0 heterocycles. The average molecular weight is 496 g/mol. The van der Waals surface area contributed by atoms with E-state index in [4.69, 9.17) is 17.0 Å². The van der Waals surface area contributed by atoms with Gasteiger partial charge in [-0.15, -0.1) is 0 Å². The third-order valence-electron chi connectivity index (χ3n) is 5.28. The van der Waals surface area contributed by atoms with Crippen LogP contribution in [-0.4, -0.2) is 23.5 Å². The predicted molar refractivity (Wildman–Crippen MR) is 147 cm³/mol. The summed E-state index contributed by atoms with van der Waals surface area (Å²) in [6.45, 7) is 0.497. The van der Waals surface area contributed by atoms with Crippen molar-refractivity contribution in [2.75, 3.05) is 17.2 Å². The van der Waals surface area contributed by atoms with Gasteiger partial charge in [-0.3, -0.25) is 14.9 Å². The zero-order valence-corrected chi connectivity index (χ0v) is 20.3. The summed E-state index contributed by atoms with van der Waals surface area (Å²) in [5.41, 5.74) is 3.15. The topological polar surface area (TPSA) is 79.5 Å². The molecule has 0 aliphatic carbocycles. The quantitative estimate of drug-likeness (QED) is 0.274. The molecule has 2 amide bonds. The van der Waals surface area contributed by atoms with Gasteiger partial charge in [-0.05, 0) is 60.2 Å².